The highest BCUT2D eigenvalue weighted by atomic mass is 14.9. The maximum atomic E-state index is 4.30. The molecule has 1 unspecified atom stereocenters. The number of nitrogens with zero attached hydrogens (tertiary/aromatic N) is 2. The zero-order valence-electron chi connectivity index (χ0n) is 10.2. The lowest BCUT2D eigenvalue weighted by Gasteiger charge is -2.18. The quantitative estimate of drug-likeness (QED) is 0.717. The molecule has 0 aliphatic heterocycles. The van der Waals surface area contributed by atoms with Gasteiger partial charge in [-0.15, -0.1) is 0 Å². The van der Waals surface area contributed by atoms with Crippen LogP contribution in [0, 0.1) is 0 Å². The first-order valence-corrected chi connectivity index (χ1v) is 5.93. The molecular formula is C13H21N3. The van der Waals surface area contributed by atoms with Gasteiger partial charge in [-0.25, -0.2) is 9.97 Å². The van der Waals surface area contributed by atoms with E-state index in [0.717, 1.165) is 31.5 Å². The van der Waals surface area contributed by atoms with Crippen LogP contribution in [0.25, 0.3) is 0 Å². The minimum atomic E-state index is 0.274. The molecule has 88 valence electrons. The molecule has 0 spiro atoms. The van der Waals surface area contributed by atoms with Crippen molar-refractivity contribution in [2.45, 2.75) is 39.2 Å². The van der Waals surface area contributed by atoms with Gasteiger partial charge in [0.15, 0.2) is 0 Å². The van der Waals surface area contributed by atoms with Crippen molar-refractivity contribution in [2.24, 2.45) is 0 Å². The fourth-order valence-electron chi connectivity index (χ4n) is 1.54. The molecule has 0 aromatic carbocycles. The van der Waals surface area contributed by atoms with Crippen molar-refractivity contribution in [1.29, 1.82) is 0 Å². The van der Waals surface area contributed by atoms with Crippen molar-refractivity contribution in [1.82, 2.24) is 15.3 Å². The summed E-state index contributed by atoms with van der Waals surface area (Å²) in [4.78, 5) is 8.25. The van der Waals surface area contributed by atoms with Crippen LogP contribution in [-0.4, -0.2) is 16.5 Å². The molecule has 1 aromatic rings. The van der Waals surface area contributed by atoms with Crippen LogP contribution in [0.5, 0.6) is 0 Å². The molecule has 3 heteroatoms. The predicted molar refractivity (Wildman–Crippen MR) is 67.1 cm³/mol. The molecule has 0 bridgehead atoms. The molecule has 1 aromatic heterocycles. The number of rotatable bonds is 7. The molecule has 16 heavy (non-hydrogen) atoms. The molecule has 3 nitrogen and oxygen atoms in total. The summed E-state index contributed by atoms with van der Waals surface area (Å²) in [6, 6.07) is 2.24. The summed E-state index contributed by atoms with van der Waals surface area (Å²) in [7, 11) is 0. The van der Waals surface area contributed by atoms with Crippen LogP contribution in [0.2, 0.25) is 0 Å². The molecule has 0 radical (unpaired) electrons. The van der Waals surface area contributed by atoms with Crippen LogP contribution < -0.4 is 5.32 Å². The second-order valence-corrected chi connectivity index (χ2v) is 3.95. The molecule has 0 saturated heterocycles. The van der Waals surface area contributed by atoms with Gasteiger partial charge in [-0.05, 0) is 31.9 Å². The summed E-state index contributed by atoms with van der Waals surface area (Å²) in [5.41, 5.74) is 2.31. The zero-order chi connectivity index (χ0) is 11.8. The molecule has 0 amide bonds. The minimum Gasteiger partial charge on any atom is -0.308 e. The maximum absolute atomic E-state index is 4.30. The fraction of sp³-hybridized carbons (Fsp3) is 0.538. The van der Waals surface area contributed by atoms with E-state index in [1.165, 1.54) is 5.57 Å². The van der Waals surface area contributed by atoms with Crippen LogP contribution in [0.4, 0.5) is 0 Å². The third-order valence-electron chi connectivity index (χ3n) is 2.60. The second kappa shape index (κ2) is 7.12. The molecule has 0 saturated carbocycles. The van der Waals surface area contributed by atoms with E-state index in [4.69, 9.17) is 0 Å². The Bertz CT molecular complexity index is 308. The first-order valence-electron chi connectivity index (χ1n) is 5.93. The van der Waals surface area contributed by atoms with Gasteiger partial charge in [0.1, 0.15) is 6.33 Å². The lowest BCUT2D eigenvalue weighted by molar-refractivity contribution is 0.511. The van der Waals surface area contributed by atoms with E-state index in [2.05, 4.69) is 35.7 Å². The monoisotopic (exact) mass is 219 g/mol. The molecule has 1 atom stereocenters. The summed E-state index contributed by atoms with van der Waals surface area (Å²) < 4.78 is 0. The van der Waals surface area contributed by atoms with Gasteiger partial charge < -0.3 is 5.32 Å². The second-order valence-electron chi connectivity index (χ2n) is 3.95. The molecule has 0 aliphatic carbocycles. The third-order valence-corrected chi connectivity index (χ3v) is 2.60. The van der Waals surface area contributed by atoms with Crippen molar-refractivity contribution in [3.63, 3.8) is 0 Å². The average Bonchev–Trinajstić information content (AvgIpc) is 2.35. The molecule has 1 heterocycles. The molecule has 0 aliphatic rings. The van der Waals surface area contributed by atoms with Gasteiger partial charge in [0, 0.05) is 6.20 Å². The van der Waals surface area contributed by atoms with Crippen molar-refractivity contribution in [2.75, 3.05) is 6.54 Å². The van der Waals surface area contributed by atoms with Gasteiger partial charge in [-0.3, -0.25) is 0 Å². The fourth-order valence-corrected chi connectivity index (χ4v) is 1.54. The number of hydrogen-bond acceptors (Lipinski definition) is 3. The Morgan fingerprint density at radius 1 is 1.50 bits per heavy atom. The lowest BCUT2D eigenvalue weighted by atomic mass is 10.0. The van der Waals surface area contributed by atoms with E-state index in [1.54, 1.807) is 12.5 Å². The van der Waals surface area contributed by atoms with Crippen LogP contribution in [0.1, 0.15) is 44.8 Å². The minimum absolute atomic E-state index is 0.274. The highest BCUT2D eigenvalue weighted by Crippen LogP contribution is 2.19. The maximum Gasteiger partial charge on any atom is 0.115 e. The lowest BCUT2D eigenvalue weighted by Crippen LogP contribution is -2.23. The number of nitrogens with one attached hydrogen (secondary N) is 1. The van der Waals surface area contributed by atoms with E-state index in [-0.39, 0.29) is 6.04 Å². The topological polar surface area (TPSA) is 37.8 Å². The Morgan fingerprint density at radius 2 is 2.31 bits per heavy atom. The van der Waals surface area contributed by atoms with E-state index in [9.17, 15) is 0 Å². The Kier molecular flexibility index (Phi) is 5.72. The number of hydrogen-bond donors (Lipinski definition) is 1. The predicted octanol–water partition coefficient (Wildman–Crippen LogP) is 2.87. The van der Waals surface area contributed by atoms with Crippen molar-refractivity contribution < 1.29 is 0 Å². The normalized spacial score (nSPS) is 12.4. The highest BCUT2D eigenvalue weighted by molar-refractivity contribution is 5.09. The van der Waals surface area contributed by atoms with Crippen molar-refractivity contribution >= 4 is 0 Å². The van der Waals surface area contributed by atoms with Gasteiger partial charge in [-0.1, -0.05) is 26.0 Å². The van der Waals surface area contributed by atoms with Gasteiger partial charge in [-0.2, -0.15) is 0 Å². The Balaban J connectivity index is 2.67. The van der Waals surface area contributed by atoms with Gasteiger partial charge >= 0.3 is 0 Å². The summed E-state index contributed by atoms with van der Waals surface area (Å²) in [6.07, 6.45) is 6.49. The molecular weight excluding hydrogens is 198 g/mol. The third kappa shape index (κ3) is 4.11. The SMILES string of the molecule is C=C(CC)CC(NCCC)c1ccncn1. The summed E-state index contributed by atoms with van der Waals surface area (Å²) >= 11 is 0. The first kappa shape index (κ1) is 12.8. The van der Waals surface area contributed by atoms with Crippen LogP contribution in [-0.2, 0) is 0 Å². The summed E-state index contributed by atoms with van der Waals surface area (Å²) in [5.74, 6) is 0. The Morgan fingerprint density at radius 3 is 2.88 bits per heavy atom. The standard InChI is InChI=1S/C13H21N3/c1-4-7-15-13(9-11(3)5-2)12-6-8-14-10-16-12/h6,8,10,13,15H,3-5,7,9H2,1-2H3. The van der Waals surface area contributed by atoms with Crippen LogP contribution in [0.15, 0.2) is 30.7 Å². The van der Waals surface area contributed by atoms with Crippen LogP contribution in [0.3, 0.4) is 0 Å². The highest BCUT2D eigenvalue weighted by Gasteiger charge is 2.12. The van der Waals surface area contributed by atoms with Crippen molar-refractivity contribution in [3.05, 3.63) is 36.4 Å². The van der Waals surface area contributed by atoms with Gasteiger partial charge in [0.05, 0.1) is 11.7 Å². The number of aromatic nitrogens is 2. The van der Waals surface area contributed by atoms with Gasteiger partial charge in [0.2, 0.25) is 0 Å². The van der Waals surface area contributed by atoms with Crippen molar-refractivity contribution in [3.8, 4) is 0 Å². The summed E-state index contributed by atoms with van der Waals surface area (Å²) in [6.45, 7) is 9.37. The van der Waals surface area contributed by atoms with E-state index in [1.807, 2.05) is 6.07 Å². The molecule has 0 fully saturated rings. The largest absolute Gasteiger partial charge is 0.308 e. The molecule has 1 N–H and O–H groups in total. The van der Waals surface area contributed by atoms with E-state index >= 15 is 0 Å². The summed E-state index contributed by atoms with van der Waals surface area (Å²) in [5, 5.41) is 3.50. The van der Waals surface area contributed by atoms with Gasteiger partial charge in [0.25, 0.3) is 0 Å². The Labute approximate surface area is 98.0 Å². The zero-order valence-corrected chi connectivity index (χ0v) is 10.2. The smallest absolute Gasteiger partial charge is 0.115 e. The average molecular weight is 219 g/mol. The van der Waals surface area contributed by atoms with E-state index in [0.29, 0.717) is 0 Å². The Hall–Kier alpha value is -1.22. The van der Waals surface area contributed by atoms with Crippen LogP contribution >= 0.6 is 0 Å². The first-order chi connectivity index (χ1) is 7.77. The molecule has 1 rings (SSSR count). The van der Waals surface area contributed by atoms with E-state index < -0.39 is 0 Å².